The lowest BCUT2D eigenvalue weighted by Gasteiger charge is -2.03. The Balaban J connectivity index is 1.69. The van der Waals surface area contributed by atoms with E-state index in [1.807, 2.05) is 0 Å². The van der Waals surface area contributed by atoms with Crippen LogP contribution in [0.1, 0.15) is 26.4 Å². The van der Waals surface area contributed by atoms with E-state index in [0.29, 0.717) is 21.0 Å². The molecule has 0 atom stereocenters. The summed E-state index contributed by atoms with van der Waals surface area (Å²) < 4.78 is 15.1. The van der Waals surface area contributed by atoms with Gasteiger partial charge in [-0.05, 0) is 46.8 Å². The van der Waals surface area contributed by atoms with E-state index in [1.165, 1.54) is 34.1 Å². The first-order chi connectivity index (χ1) is 13.4. The average molecular weight is 415 g/mol. The van der Waals surface area contributed by atoms with Crippen LogP contribution in [-0.4, -0.2) is 26.5 Å². The third kappa shape index (κ3) is 3.30. The standard InChI is InChI=1S/C20H12ClFN2O3S/c21-13-5-3-11(4-6-13)19-18(20(26)27)12(10-28-19)8-17(25)15-9-16-14(22)2-1-7-24(16)23-15/h1-7,9-10H,8H2,(H,26,27). The molecule has 1 N–H and O–H groups in total. The molecule has 0 amide bonds. The Labute approximate surface area is 167 Å². The van der Waals surface area contributed by atoms with Crippen molar-refractivity contribution in [1.82, 2.24) is 9.61 Å². The molecule has 0 aliphatic rings. The molecule has 4 aromatic rings. The van der Waals surface area contributed by atoms with Gasteiger partial charge in [0.05, 0.1) is 5.56 Å². The maximum atomic E-state index is 13.8. The highest BCUT2D eigenvalue weighted by molar-refractivity contribution is 7.14. The van der Waals surface area contributed by atoms with E-state index in [4.69, 9.17) is 11.6 Å². The quantitative estimate of drug-likeness (QED) is 0.467. The van der Waals surface area contributed by atoms with E-state index in [9.17, 15) is 19.1 Å². The van der Waals surface area contributed by atoms with Gasteiger partial charge in [-0.3, -0.25) is 4.79 Å². The Morgan fingerprint density at radius 3 is 2.64 bits per heavy atom. The summed E-state index contributed by atoms with van der Waals surface area (Å²) in [6, 6.07) is 11.0. The number of ketones is 1. The van der Waals surface area contributed by atoms with Crippen LogP contribution in [0.5, 0.6) is 0 Å². The van der Waals surface area contributed by atoms with Crippen molar-refractivity contribution in [3.8, 4) is 10.4 Å². The Morgan fingerprint density at radius 1 is 1.21 bits per heavy atom. The van der Waals surface area contributed by atoms with Crippen LogP contribution in [-0.2, 0) is 6.42 Å². The third-order valence-corrected chi connectivity index (χ3v) is 5.60. The maximum absolute atomic E-state index is 13.8. The van der Waals surface area contributed by atoms with Gasteiger partial charge >= 0.3 is 5.97 Å². The first-order valence-corrected chi connectivity index (χ1v) is 9.46. The lowest BCUT2D eigenvalue weighted by atomic mass is 10.0. The van der Waals surface area contributed by atoms with Crippen LogP contribution in [0.25, 0.3) is 16.0 Å². The van der Waals surface area contributed by atoms with Crippen LogP contribution in [0.3, 0.4) is 0 Å². The largest absolute Gasteiger partial charge is 0.478 e. The maximum Gasteiger partial charge on any atom is 0.337 e. The predicted octanol–water partition coefficient (Wildman–Crippen LogP) is 4.98. The number of nitrogens with zero attached hydrogens (tertiary/aromatic N) is 2. The minimum absolute atomic E-state index is 0.0793. The molecule has 4 rings (SSSR count). The van der Waals surface area contributed by atoms with E-state index in [1.54, 1.807) is 35.8 Å². The van der Waals surface area contributed by atoms with Gasteiger partial charge in [0.2, 0.25) is 0 Å². The van der Waals surface area contributed by atoms with E-state index < -0.39 is 11.8 Å². The summed E-state index contributed by atoms with van der Waals surface area (Å²) in [6.07, 6.45) is 1.40. The monoisotopic (exact) mass is 414 g/mol. The van der Waals surface area contributed by atoms with Gasteiger partial charge in [0.25, 0.3) is 0 Å². The Kier molecular flexibility index (Phi) is 4.70. The molecular formula is C20H12ClFN2O3S. The minimum Gasteiger partial charge on any atom is -0.478 e. The predicted molar refractivity (Wildman–Crippen MR) is 105 cm³/mol. The molecule has 0 fully saturated rings. The number of rotatable bonds is 5. The van der Waals surface area contributed by atoms with Crippen LogP contribution >= 0.6 is 22.9 Å². The molecule has 3 aromatic heterocycles. The molecule has 8 heteroatoms. The number of aromatic carboxylic acids is 1. The molecule has 140 valence electrons. The van der Waals surface area contributed by atoms with Crippen LogP contribution in [0.2, 0.25) is 5.02 Å². The average Bonchev–Trinajstić information content (AvgIpc) is 3.27. The number of hydrogen-bond acceptors (Lipinski definition) is 4. The number of carboxylic acid groups (broad SMARTS) is 1. The van der Waals surface area contributed by atoms with Crippen molar-refractivity contribution in [1.29, 1.82) is 0 Å². The molecular weight excluding hydrogens is 403 g/mol. The van der Waals surface area contributed by atoms with E-state index in [-0.39, 0.29) is 29.0 Å². The van der Waals surface area contributed by atoms with Crippen molar-refractivity contribution in [2.45, 2.75) is 6.42 Å². The van der Waals surface area contributed by atoms with Crippen LogP contribution < -0.4 is 0 Å². The van der Waals surface area contributed by atoms with Crippen LogP contribution in [0, 0.1) is 5.82 Å². The second kappa shape index (κ2) is 7.18. The normalized spacial score (nSPS) is 11.1. The van der Waals surface area contributed by atoms with Gasteiger partial charge in [-0.2, -0.15) is 5.10 Å². The summed E-state index contributed by atoms with van der Waals surface area (Å²) in [5.41, 5.74) is 1.46. The molecule has 0 spiro atoms. The van der Waals surface area contributed by atoms with Crippen molar-refractivity contribution in [3.63, 3.8) is 0 Å². The van der Waals surface area contributed by atoms with Gasteiger partial charge in [0.1, 0.15) is 17.0 Å². The van der Waals surface area contributed by atoms with Crippen molar-refractivity contribution >= 4 is 40.2 Å². The topological polar surface area (TPSA) is 71.7 Å². The second-order valence-electron chi connectivity index (χ2n) is 6.09. The highest BCUT2D eigenvalue weighted by Crippen LogP contribution is 2.34. The van der Waals surface area contributed by atoms with Gasteiger partial charge in [-0.1, -0.05) is 23.7 Å². The van der Waals surface area contributed by atoms with E-state index >= 15 is 0 Å². The van der Waals surface area contributed by atoms with Crippen molar-refractivity contribution in [2.75, 3.05) is 0 Å². The summed E-state index contributed by atoms with van der Waals surface area (Å²) in [7, 11) is 0. The molecule has 3 heterocycles. The summed E-state index contributed by atoms with van der Waals surface area (Å²) in [4.78, 5) is 25.1. The van der Waals surface area contributed by atoms with Gasteiger partial charge in [-0.15, -0.1) is 11.3 Å². The van der Waals surface area contributed by atoms with Crippen LogP contribution in [0.4, 0.5) is 4.39 Å². The highest BCUT2D eigenvalue weighted by atomic mass is 35.5. The molecule has 0 unspecified atom stereocenters. The molecule has 0 bridgehead atoms. The summed E-state index contributed by atoms with van der Waals surface area (Å²) in [5.74, 6) is -1.98. The van der Waals surface area contributed by atoms with Crippen LogP contribution in [0.15, 0.2) is 54.0 Å². The number of carboxylic acids is 1. The first kappa shape index (κ1) is 18.3. The second-order valence-corrected chi connectivity index (χ2v) is 7.41. The SMILES string of the molecule is O=C(Cc1csc(-c2ccc(Cl)cc2)c1C(=O)O)c1cc2c(F)cccn2n1. The number of fused-ring (bicyclic) bond motifs is 1. The smallest absolute Gasteiger partial charge is 0.337 e. The number of hydrogen-bond donors (Lipinski definition) is 1. The molecule has 0 saturated heterocycles. The minimum atomic E-state index is -1.12. The van der Waals surface area contributed by atoms with Gasteiger partial charge < -0.3 is 5.11 Å². The molecule has 0 saturated carbocycles. The van der Waals surface area contributed by atoms with Crippen molar-refractivity contribution < 1.29 is 19.1 Å². The Bertz CT molecular complexity index is 1210. The zero-order valence-electron chi connectivity index (χ0n) is 14.2. The number of carbonyl (C=O) groups is 2. The number of halogens is 2. The summed E-state index contributed by atoms with van der Waals surface area (Å²) in [5, 5.41) is 16.0. The third-order valence-electron chi connectivity index (χ3n) is 4.27. The first-order valence-electron chi connectivity index (χ1n) is 8.20. The van der Waals surface area contributed by atoms with E-state index in [2.05, 4.69) is 5.10 Å². The zero-order valence-corrected chi connectivity index (χ0v) is 15.8. The summed E-state index contributed by atoms with van der Waals surface area (Å²) in [6.45, 7) is 0. The lowest BCUT2D eigenvalue weighted by Crippen LogP contribution is -2.08. The van der Waals surface area contributed by atoms with Crippen molar-refractivity contribution in [2.24, 2.45) is 0 Å². The fourth-order valence-electron chi connectivity index (χ4n) is 2.95. The summed E-state index contributed by atoms with van der Waals surface area (Å²) >= 11 is 7.14. The number of pyridine rings is 1. The Hall–Kier alpha value is -3.03. The number of aromatic nitrogens is 2. The highest BCUT2D eigenvalue weighted by Gasteiger charge is 2.23. The number of Topliss-reactive ketones (excluding diaryl/α,β-unsaturated/α-hetero) is 1. The van der Waals surface area contributed by atoms with E-state index in [0.717, 1.165) is 0 Å². The number of benzene rings is 1. The Morgan fingerprint density at radius 2 is 1.96 bits per heavy atom. The van der Waals surface area contributed by atoms with Crippen molar-refractivity contribution in [3.05, 3.63) is 81.7 Å². The number of carbonyl (C=O) groups excluding carboxylic acids is 1. The van der Waals surface area contributed by atoms with Gasteiger partial charge in [0, 0.05) is 22.5 Å². The zero-order chi connectivity index (χ0) is 19.8. The van der Waals surface area contributed by atoms with Gasteiger partial charge in [-0.25, -0.2) is 13.7 Å². The molecule has 0 aliphatic heterocycles. The molecule has 28 heavy (non-hydrogen) atoms. The molecule has 1 aromatic carbocycles. The number of thiophene rings is 1. The molecule has 0 aliphatic carbocycles. The van der Waals surface area contributed by atoms with Gasteiger partial charge in [0.15, 0.2) is 5.78 Å². The molecule has 0 radical (unpaired) electrons. The fourth-order valence-corrected chi connectivity index (χ4v) is 4.15. The lowest BCUT2D eigenvalue weighted by molar-refractivity contribution is 0.0697. The fraction of sp³-hybridized carbons (Fsp3) is 0.0500. The molecule has 5 nitrogen and oxygen atoms in total.